The van der Waals surface area contributed by atoms with Crippen LogP contribution in [-0.4, -0.2) is 38.3 Å². The molecular formula is C22H28F2N4O5S. The Morgan fingerprint density at radius 1 is 1.09 bits per heavy atom. The van der Waals surface area contributed by atoms with Crippen LogP contribution in [0.4, 0.5) is 25.0 Å². The van der Waals surface area contributed by atoms with Crippen molar-refractivity contribution in [3.05, 3.63) is 53.6 Å². The summed E-state index contributed by atoms with van der Waals surface area (Å²) in [6, 6.07) is 6.24. The van der Waals surface area contributed by atoms with Crippen molar-refractivity contribution in [3.63, 3.8) is 0 Å². The maximum absolute atomic E-state index is 13.5. The zero-order valence-electron chi connectivity index (χ0n) is 19.5. The molecule has 34 heavy (non-hydrogen) atoms. The number of hydrogen-bond acceptors (Lipinski definition) is 7. The molecule has 0 saturated heterocycles. The number of benzene rings is 2. The normalized spacial score (nSPS) is 12.6. The number of para-hydroxylation sites is 1. The van der Waals surface area contributed by atoms with Crippen LogP contribution in [0.25, 0.3) is 0 Å². The lowest BCUT2D eigenvalue weighted by Crippen LogP contribution is -2.49. The van der Waals surface area contributed by atoms with Gasteiger partial charge in [0.15, 0.2) is 9.84 Å². The molecular weight excluding hydrogens is 470 g/mol. The van der Waals surface area contributed by atoms with Crippen molar-refractivity contribution < 1.29 is 31.5 Å². The van der Waals surface area contributed by atoms with Crippen molar-refractivity contribution in [3.8, 4) is 0 Å². The summed E-state index contributed by atoms with van der Waals surface area (Å²) in [7, 11) is -3.72. The van der Waals surface area contributed by atoms with Crippen LogP contribution in [0.1, 0.15) is 33.3 Å². The molecule has 2 amide bonds. The SMILES string of the molecule is CC(NNC(=O)OC(C)(C)C)C(=O)Nc1cccc(S(C)(=O)=O)c1NCc1cc(F)cc(F)c1. The zero-order chi connectivity index (χ0) is 25.7. The minimum Gasteiger partial charge on any atom is -0.443 e. The van der Waals surface area contributed by atoms with E-state index in [0.29, 0.717) is 0 Å². The number of ether oxygens (including phenoxy) is 1. The molecule has 0 fully saturated rings. The minimum absolute atomic E-state index is 0.0512. The molecule has 9 nitrogen and oxygen atoms in total. The summed E-state index contributed by atoms with van der Waals surface area (Å²) in [5.41, 5.74) is 4.44. The molecule has 0 spiro atoms. The van der Waals surface area contributed by atoms with Gasteiger partial charge in [-0.1, -0.05) is 6.07 Å². The van der Waals surface area contributed by atoms with Crippen LogP contribution in [0.3, 0.4) is 0 Å². The average Bonchev–Trinajstić information content (AvgIpc) is 2.68. The Morgan fingerprint density at radius 3 is 2.26 bits per heavy atom. The second-order valence-corrected chi connectivity index (χ2v) is 10.5. The Hall–Kier alpha value is -3.25. The van der Waals surface area contributed by atoms with E-state index in [0.717, 1.165) is 24.5 Å². The highest BCUT2D eigenvalue weighted by atomic mass is 32.2. The van der Waals surface area contributed by atoms with Gasteiger partial charge in [0.05, 0.1) is 16.3 Å². The van der Waals surface area contributed by atoms with E-state index in [1.54, 1.807) is 20.8 Å². The van der Waals surface area contributed by atoms with Crippen LogP contribution < -0.4 is 21.5 Å². The smallest absolute Gasteiger partial charge is 0.422 e. The molecule has 0 bridgehead atoms. The van der Waals surface area contributed by atoms with Gasteiger partial charge in [-0.25, -0.2) is 27.4 Å². The first-order valence-corrected chi connectivity index (χ1v) is 12.1. The number of amides is 2. The molecule has 0 heterocycles. The van der Waals surface area contributed by atoms with Gasteiger partial charge in [0, 0.05) is 18.9 Å². The van der Waals surface area contributed by atoms with Crippen molar-refractivity contribution >= 4 is 33.2 Å². The van der Waals surface area contributed by atoms with Gasteiger partial charge in [-0.15, -0.1) is 0 Å². The van der Waals surface area contributed by atoms with Gasteiger partial charge >= 0.3 is 6.09 Å². The lowest BCUT2D eigenvalue weighted by atomic mass is 10.2. The van der Waals surface area contributed by atoms with Gasteiger partial charge in [-0.2, -0.15) is 0 Å². The number of hydrazine groups is 1. The van der Waals surface area contributed by atoms with Gasteiger partial charge in [-0.05, 0) is 57.5 Å². The Kier molecular flexibility index (Phi) is 8.56. The number of halogens is 2. The molecule has 4 N–H and O–H groups in total. The fraction of sp³-hybridized carbons (Fsp3) is 0.364. The Balaban J connectivity index is 2.20. The van der Waals surface area contributed by atoms with Crippen LogP contribution in [-0.2, 0) is 25.9 Å². The average molecular weight is 499 g/mol. The third-order valence-corrected chi connectivity index (χ3v) is 5.40. The fourth-order valence-electron chi connectivity index (χ4n) is 2.81. The second kappa shape index (κ2) is 10.8. The number of carbonyl (C=O) groups is 2. The quantitative estimate of drug-likeness (QED) is 0.411. The lowest BCUT2D eigenvalue weighted by Gasteiger charge is -2.22. The van der Waals surface area contributed by atoms with Crippen LogP contribution in [0.5, 0.6) is 0 Å². The molecule has 0 aliphatic rings. The van der Waals surface area contributed by atoms with Crippen molar-refractivity contribution in [2.75, 3.05) is 16.9 Å². The van der Waals surface area contributed by atoms with Crippen LogP contribution in [0, 0.1) is 11.6 Å². The molecule has 2 aromatic carbocycles. The number of rotatable bonds is 8. The van der Waals surface area contributed by atoms with Crippen molar-refractivity contribution in [2.45, 2.75) is 50.8 Å². The zero-order valence-corrected chi connectivity index (χ0v) is 20.3. The highest BCUT2D eigenvalue weighted by Crippen LogP contribution is 2.30. The number of carbonyl (C=O) groups excluding carboxylic acids is 2. The first-order chi connectivity index (χ1) is 15.7. The summed E-state index contributed by atoms with van der Waals surface area (Å²) in [6.07, 6.45) is 0.214. The fourth-order valence-corrected chi connectivity index (χ4v) is 3.69. The van der Waals surface area contributed by atoms with Crippen LogP contribution in [0.15, 0.2) is 41.3 Å². The van der Waals surface area contributed by atoms with Gasteiger partial charge in [0.2, 0.25) is 5.91 Å². The molecule has 2 rings (SSSR count). The van der Waals surface area contributed by atoms with E-state index in [1.165, 1.54) is 25.1 Å². The van der Waals surface area contributed by atoms with E-state index in [1.807, 2.05) is 0 Å². The molecule has 1 atom stereocenters. The van der Waals surface area contributed by atoms with E-state index >= 15 is 0 Å². The van der Waals surface area contributed by atoms with E-state index < -0.39 is 45.1 Å². The number of sulfone groups is 1. The lowest BCUT2D eigenvalue weighted by molar-refractivity contribution is -0.117. The first kappa shape index (κ1) is 27.0. The molecule has 0 aliphatic carbocycles. The number of nitrogens with one attached hydrogen (secondary N) is 4. The van der Waals surface area contributed by atoms with E-state index in [4.69, 9.17) is 4.74 Å². The molecule has 0 radical (unpaired) electrons. The van der Waals surface area contributed by atoms with Gasteiger partial charge in [0.25, 0.3) is 0 Å². The summed E-state index contributed by atoms with van der Waals surface area (Å²) in [5.74, 6) is -2.15. The van der Waals surface area contributed by atoms with Gasteiger partial charge in [0.1, 0.15) is 23.3 Å². The Morgan fingerprint density at radius 2 is 1.71 bits per heavy atom. The molecule has 12 heteroatoms. The highest BCUT2D eigenvalue weighted by Gasteiger charge is 2.21. The maximum atomic E-state index is 13.5. The highest BCUT2D eigenvalue weighted by molar-refractivity contribution is 7.90. The largest absolute Gasteiger partial charge is 0.443 e. The molecule has 0 saturated carbocycles. The van der Waals surface area contributed by atoms with Crippen molar-refractivity contribution in [2.24, 2.45) is 0 Å². The number of anilines is 2. The summed E-state index contributed by atoms with van der Waals surface area (Å²) < 4.78 is 56.7. The Labute approximate surface area is 197 Å². The molecule has 186 valence electrons. The first-order valence-electron chi connectivity index (χ1n) is 10.2. The van der Waals surface area contributed by atoms with Gasteiger partial charge < -0.3 is 15.4 Å². The second-order valence-electron chi connectivity index (χ2n) is 8.56. The molecule has 2 aromatic rings. The molecule has 0 aromatic heterocycles. The monoisotopic (exact) mass is 498 g/mol. The summed E-state index contributed by atoms with van der Waals surface area (Å²) in [5, 5.41) is 5.43. The number of hydrogen-bond donors (Lipinski definition) is 4. The summed E-state index contributed by atoms with van der Waals surface area (Å²) in [6.45, 7) is 6.41. The van der Waals surface area contributed by atoms with Crippen molar-refractivity contribution in [1.29, 1.82) is 0 Å². The molecule has 0 aliphatic heterocycles. The van der Waals surface area contributed by atoms with Crippen LogP contribution in [0.2, 0.25) is 0 Å². The molecule has 1 unspecified atom stereocenters. The van der Waals surface area contributed by atoms with Gasteiger partial charge in [-0.3, -0.25) is 10.2 Å². The third-order valence-electron chi connectivity index (χ3n) is 4.26. The van der Waals surface area contributed by atoms with E-state index in [9.17, 15) is 26.8 Å². The van der Waals surface area contributed by atoms with Crippen LogP contribution >= 0.6 is 0 Å². The predicted molar refractivity (Wildman–Crippen MR) is 124 cm³/mol. The van der Waals surface area contributed by atoms with E-state index in [-0.39, 0.29) is 28.4 Å². The van der Waals surface area contributed by atoms with E-state index in [2.05, 4.69) is 21.5 Å². The topological polar surface area (TPSA) is 126 Å². The standard InChI is InChI=1S/C22H28F2N4O5S/c1-13(27-28-21(30)33-22(2,3)4)20(29)26-17-7-6-8-18(34(5,31)32)19(17)25-12-14-9-15(23)11-16(24)10-14/h6-11,13,25,27H,12H2,1-5H3,(H,26,29)(H,28,30). The maximum Gasteiger partial charge on any atom is 0.422 e. The summed E-state index contributed by atoms with van der Waals surface area (Å²) >= 11 is 0. The minimum atomic E-state index is -3.72. The predicted octanol–water partition coefficient (Wildman–Crippen LogP) is 3.34. The Bertz CT molecular complexity index is 1150. The third kappa shape index (κ3) is 8.27. The summed E-state index contributed by atoms with van der Waals surface area (Å²) in [4.78, 5) is 24.3. The van der Waals surface area contributed by atoms with Crippen molar-refractivity contribution in [1.82, 2.24) is 10.9 Å².